The summed E-state index contributed by atoms with van der Waals surface area (Å²) in [7, 11) is -4.20. The predicted molar refractivity (Wildman–Crippen MR) is 135 cm³/mol. The van der Waals surface area contributed by atoms with E-state index in [-0.39, 0.29) is 32.7 Å². The first-order chi connectivity index (χ1) is 15.2. The van der Waals surface area contributed by atoms with E-state index in [1.807, 2.05) is 49.8 Å². The average Bonchev–Trinajstić information content (AvgIpc) is 2.78. The minimum Gasteiger partial charge on any atom is -0.572 e. The maximum absolute atomic E-state index is 13.4. The van der Waals surface area contributed by atoms with E-state index < -0.39 is 10.0 Å². The molecule has 0 heterocycles. The number of ketones is 1. The van der Waals surface area contributed by atoms with Crippen LogP contribution in [0.3, 0.4) is 0 Å². The van der Waals surface area contributed by atoms with Crippen molar-refractivity contribution in [2.75, 3.05) is 12.5 Å². The van der Waals surface area contributed by atoms with Crippen molar-refractivity contribution in [3.63, 3.8) is 0 Å². The van der Waals surface area contributed by atoms with Crippen LogP contribution in [0.5, 0.6) is 0 Å². The van der Waals surface area contributed by atoms with Crippen LogP contribution in [0.4, 0.5) is 5.69 Å². The molecule has 0 saturated carbocycles. The molecule has 2 atom stereocenters. The van der Waals surface area contributed by atoms with Gasteiger partial charge in [-0.05, 0) is 35.5 Å². The zero-order valence-electron chi connectivity index (χ0n) is 18.4. The largest absolute Gasteiger partial charge is 0.572 e. The van der Waals surface area contributed by atoms with Crippen molar-refractivity contribution in [3.8, 4) is 0 Å². The van der Waals surface area contributed by atoms with Gasteiger partial charge in [-0.3, -0.25) is 4.79 Å². The monoisotopic (exact) mass is 465 g/mol. The number of rotatable bonds is 9. The minimum absolute atomic E-state index is 0.0139. The first kappa shape index (κ1) is 23.8. The highest BCUT2D eigenvalue weighted by atomic mass is 32.2. The number of hydrogen-bond donors (Lipinski definition) is 0. The van der Waals surface area contributed by atoms with Crippen molar-refractivity contribution < 1.29 is 13.2 Å². The Bertz CT molecular complexity index is 1190. The van der Waals surface area contributed by atoms with Crippen molar-refractivity contribution in [2.45, 2.75) is 23.0 Å². The molecule has 0 saturated heterocycles. The molecule has 0 spiro atoms. The zero-order chi connectivity index (χ0) is 23.3. The summed E-state index contributed by atoms with van der Waals surface area (Å²) in [5.74, 6) is -0.366. The molecule has 166 valence electrons. The quantitative estimate of drug-likeness (QED) is 0.228. The average molecular weight is 466 g/mol. The highest BCUT2D eigenvalue weighted by Crippen LogP contribution is 2.39. The molecule has 0 aliphatic heterocycles. The molecule has 3 aromatic rings. The van der Waals surface area contributed by atoms with Gasteiger partial charge in [-0.2, -0.15) is 0 Å². The van der Waals surface area contributed by atoms with Gasteiger partial charge in [-0.15, -0.1) is 12.3 Å². The lowest BCUT2D eigenvalue weighted by Gasteiger charge is -2.30. The van der Waals surface area contributed by atoms with Crippen LogP contribution in [0.25, 0.3) is 4.72 Å². The summed E-state index contributed by atoms with van der Waals surface area (Å²) in [6.07, 6.45) is 5.76. The standard InChI is InChI=1S/C26H27NO3S2/c1-5-22(26(31(3)4)25(28)20-11-7-6-8-12-20)23-13-9-10-14-24(23)27-32(29,30)21-17-15-19(2)16-18-21/h5-18,22,26H,1H2,2-4H3. The Kier molecular flexibility index (Phi) is 7.59. The lowest BCUT2D eigenvalue weighted by Crippen LogP contribution is -2.34. The van der Waals surface area contributed by atoms with Crippen LogP contribution < -0.4 is 0 Å². The van der Waals surface area contributed by atoms with E-state index >= 15 is 0 Å². The van der Waals surface area contributed by atoms with Crippen molar-refractivity contribution in [3.05, 3.63) is 113 Å². The van der Waals surface area contributed by atoms with Crippen LogP contribution in [0.15, 0.2) is 96.4 Å². The van der Waals surface area contributed by atoms with E-state index in [9.17, 15) is 13.2 Å². The molecule has 0 radical (unpaired) electrons. The second-order valence-electron chi connectivity index (χ2n) is 7.73. The topological polar surface area (TPSA) is 65.3 Å². The highest BCUT2D eigenvalue weighted by Gasteiger charge is 2.38. The Morgan fingerprint density at radius 1 is 0.938 bits per heavy atom. The summed E-state index contributed by atoms with van der Waals surface area (Å²) in [6, 6.07) is 22.8. The van der Waals surface area contributed by atoms with Gasteiger partial charge in [0, 0.05) is 5.56 Å². The number of carbonyl (C=O) groups excluding carboxylic acids is 1. The molecule has 0 N–H and O–H groups in total. The van der Waals surface area contributed by atoms with Crippen LogP contribution in [-0.4, -0.2) is 32.0 Å². The van der Waals surface area contributed by atoms with Gasteiger partial charge in [0.05, 0.1) is 23.3 Å². The van der Waals surface area contributed by atoms with E-state index in [1.54, 1.807) is 54.6 Å². The summed E-state index contributed by atoms with van der Waals surface area (Å²) in [4.78, 5) is 13.6. The number of benzene rings is 3. The highest BCUT2D eigenvalue weighted by molar-refractivity contribution is 7.96. The van der Waals surface area contributed by atoms with Gasteiger partial charge in [-0.25, -0.2) is 8.42 Å². The second kappa shape index (κ2) is 10.2. The van der Waals surface area contributed by atoms with E-state index in [0.29, 0.717) is 16.8 Å². The Morgan fingerprint density at radius 3 is 2.12 bits per heavy atom. The smallest absolute Gasteiger partial charge is 0.215 e. The Morgan fingerprint density at radius 2 is 1.53 bits per heavy atom. The Labute approximate surface area is 193 Å². The number of allylic oxidation sites excluding steroid dienone is 1. The van der Waals surface area contributed by atoms with Gasteiger partial charge in [0.2, 0.25) is 5.78 Å². The molecule has 0 aliphatic carbocycles. The summed E-state index contributed by atoms with van der Waals surface area (Å²) >= 11 is 0. The van der Waals surface area contributed by atoms with Gasteiger partial charge in [-0.1, -0.05) is 78.4 Å². The van der Waals surface area contributed by atoms with E-state index in [4.69, 9.17) is 0 Å². The molecule has 0 aliphatic rings. The first-order valence-corrected chi connectivity index (χ1v) is 13.7. The van der Waals surface area contributed by atoms with Gasteiger partial charge >= 0.3 is 0 Å². The van der Waals surface area contributed by atoms with E-state index in [1.165, 1.54) is 0 Å². The van der Waals surface area contributed by atoms with E-state index in [2.05, 4.69) is 11.3 Å². The van der Waals surface area contributed by atoms with Crippen molar-refractivity contribution in [1.82, 2.24) is 0 Å². The van der Waals surface area contributed by atoms with Crippen LogP contribution in [-0.2, 0) is 20.9 Å². The van der Waals surface area contributed by atoms with Crippen LogP contribution in [0, 0.1) is 6.92 Å². The molecule has 6 heteroatoms. The van der Waals surface area contributed by atoms with Gasteiger partial charge in [0.1, 0.15) is 10.0 Å². The lowest BCUT2D eigenvalue weighted by atomic mass is 9.90. The minimum atomic E-state index is -3.90. The fourth-order valence-corrected chi connectivity index (χ4v) is 6.01. The third-order valence-corrected chi connectivity index (χ3v) is 8.07. The van der Waals surface area contributed by atoms with Crippen molar-refractivity contribution in [2.24, 2.45) is 0 Å². The summed E-state index contributed by atoms with van der Waals surface area (Å²) < 4.78 is 30.1. The molecule has 4 nitrogen and oxygen atoms in total. The van der Waals surface area contributed by atoms with Gasteiger partial charge in [0.25, 0.3) is 0 Å². The molecular weight excluding hydrogens is 438 g/mol. The third kappa shape index (κ3) is 5.31. The molecule has 0 fully saturated rings. The number of carbonyl (C=O) groups is 1. The Hall–Kier alpha value is -2.83. The van der Waals surface area contributed by atoms with Crippen LogP contribution >= 0.6 is 0 Å². The number of Topliss-reactive ketones (excluding diaryl/α,β-unsaturated/α-hetero) is 1. The molecule has 3 rings (SSSR count). The molecule has 32 heavy (non-hydrogen) atoms. The second-order valence-corrected chi connectivity index (χ2v) is 11.6. The number of sulfonamides is 1. The van der Waals surface area contributed by atoms with E-state index in [0.717, 1.165) is 5.56 Å². The van der Waals surface area contributed by atoms with Gasteiger partial charge in [0.15, 0.2) is 5.25 Å². The molecule has 3 aromatic carbocycles. The maximum atomic E-state index is 13.4. The first-order valence-electron chi connectivity index (χ1n) is 10.2. The summed E-state index contributed by atoms with van der Waals surface area (Å²) in [5.41, 5.74) is 2.60. The number of nitrogens with zero attached hydrogens (tertiary/aromatic N) is 1. The summed E-state index contributed by atoms with van der Waals surface area (Å²) in [6.45, 7) is 5.88. The number of aryl methyl sites for hydroxylation is 1. The maximum Gasteiger partial charge on any atom is 0.215 e. The third-order valence-electron chi connectivity index (χ3n) is 5.24. The lowest BCUT2D eigenvalue weighted by molar-refractivity contribution is 0.0984. The molecule has 0 aromatic heterocycles. The molecular formula is C26H27NO3S2. The van der Waals surface area contributed by atoms with Crippen LogP contribution in [0.2, 0.25) is 0 Å². The SMILES string of the molecule is C=CC(c1ccccc1[N-]S(=O)(=O)c1ccc(C)cc1)C(C(=O)c1ccccc1)[S+](C)C. The van der Waals surface area contributed by atoms with Gasteiger partial charge < -0.3 is 4.72 Å². The van der Waals surface area contributed by atoms with Crippen molar-refractivity contribution in [1.29, 1.82) is 0 Å². The fraction of sp³-hybridized carbons (Fsp3) is 0.192. The molecule has 2 unspecified atom stereocenters. The molecule has 0 amide bonds. The molecule has 0 bridgehead atoms. The zero-order valence-corrected chi connectivity index (χ0v) is 20.1. The number of hydrogen-bond acceptors (Lipinski definition) is 3. The Balaban J connectivity index is 2.01. The predicted octanol–water partition coefficient (Wildman–Crippen LogP) is 5.79. The fourth-order valence-electron chi connectivity index (χ4n) is 3.60. The normalized spacial score (nSPS) is 13.4. The van der Waals surface area contributed by atoms with Crippen molar-refractivity contribution >= 4 is 32.4 Å². The summed E-state index contributed by atoms with van der Waals surface area (Å²) in [5, 5.41) is -0.381. The van der Waals surface area contributed by atoms with Crippen LogP contribution in [0.1, 0.15) is 27.4 Å².